The molecule has 0 atom stereocenters. The molecule has 0 radical (unpaired) electrons. The Balaban J connectivity index is 1.82. The van der Waals surface area contributed by atoms with Gasteiger partial charge in [-0.1, -0.05) is 36.4 Å². The lowest BCUT2D eigenvalue weighted by atomic mass is 10.1. The molecular weight excluding hydrogens is 344 g/mol. The topological polar surface area (TPSA) is 70.8 Å². The van der Waals surface area contributed by atoms with Crippen LogP contribution in [0.4, 0.5) is 0 Å². The summed E-state index contributed by atoms with van der Waals surface area (Å²) in [6.45, 7) is 0. The first-order chi connectivity index (χ1) is 13.2. The van der Waals surface area contributed by atoms with Crippen molar-refractivity contribution in [2.45, 2.75) is 0 Å². The molecule has 0 heterocycles. The first-order valence-electron chi connectivity index (χ1n) is 8.34. The van der Waals surface area contributed by atoms with Crippen molar-refractivity contribution >= 4 is 22.9 Å². The summed E-state index contributed by atoms with van der Waals surface area (Å²) in [5.74, 6) is 0.942. The van der Waals surface area contributed by atoms with Crippen molar-refractivity contribution in [2.24, 2.45) is 0 Å². The molecule has 27 heavy (non-hydrogen) atoms. The van der Waals surface area contributed by atoms with Gasteiger partial charge < -0.3 is 14.2 Å². The third-order valence-electron chi connectivity index (χ3n) is 4.16. The SMILES string of the molecule is COc1cc(C(=O)N/[NH+]=C/c2cccc3ccccc23)cc(OC)c1OC. The van der Waals surface area contributed by atoms with Crippen molar-refractivity contribution in [1.82, 2.24) is 5.43 Å². The Kier molecular flexibility index (Phi) is 5.56. The minimum atomic E-state index is -0.328. The van der Waals surface area contributed by atoms with E-state index in [1.807, 2.05) is 42.5 Å². The number of ether oxygens (including phenoxy) is 3. The molecule has 0 saturated heterocycles. The van der Waals surface area contributed by atoms with Crippen LogP contribution < -0.4 is 24.7 Å². The molecule has 0 aliphatic heterocycles. The average molecular weight is 365 g/mol. The first kappa shape index (κ1) is 18.3. The highest BCUT2D eigenvalue weighted by molar-refractivity contribution is 5.98. The van der Waals surface area contributed by atoms with Crippen LogP contribution in [-0.2, 0) is 0 Å². The van der Waals surface area contributed by atoms with Gasteiger partial charge in [-0.3, -0.25) is 4.79 Å². The fourth-order valence-electron chi connectivity index (χ4n) is 2.84. The van der Waals surface area contributed by atoms with Crippen molar-refractivity contribution in [1.29, 1.82) is 0 Å². The van der Waals surface area contributed by atoms with E-state index in [1.165, 1.54) is 21.3 Å². The Bertz CT molecular complexity index is 968. The third-order valence-corrected chi connectivity index (χ3v) is 4.16. The van der Waals surface area contributed by atoms with E-state index in [0.29, 0.717) is 22.8 Å². The number of benzene rings is 3. The Hall–Kier alpha value is -3.54. The van der Waals surface area contributed by atoms with Gasteiger partial charge in [0.15, 0.2) is 17.7 Å². The van der Waals surface area contributed by atoms with E-state index in [9.17, 15) is 4.79 Å². The molecule has 0 fully saturated rings. The van der Waals surface area contributed by atoms with Gasteiger partial charge in [0.05, 0.1) is 26.9 Å². The number of rotatable bonds is 6. The highest BCUT2D eigenvalue weighted by Gasteiger charge is 2.17. The summed E-state index contributed by atoms with van der Waals surface area (Å²) >= 11 is 0. The van der Waals surface area contributed by atoms with Crippen molar-refractivity contribution < 1.29 is 24.1 Å². The molecule has 6 heteroatoms. The maximum Gasteiger partial charge on any atom is 0.305 e. The van der Waals surface area contributed by atoms with E-state index in [4.69, 9.17) is 14.2 Å². The summed E-state index contributed by atoms with van der Waals surface area (Å²) in [4.78, 5) is 12.5. The molecule has 138 valence electrons. The molecule has 0 aliphatic carbocycles. The minimum Gasteiger partial charge on any atom is -0.493 e. The molecule has 3 aromatic rings. The molecule has 0 bridgehead atoms. The van der Waals surface area contributed by atoms with Gasteiger partial charge in [0, 0.05) is 5.56 Å². The Labute approximate surface area is 157 Å². The Morgan fingerprint density at radius 2 is 1.59 bits per heavy atom. The van der Waals surface area contributed by atoms with Crippen LogP contribution in [0.25, 0.3) is 10.8 Å². The third kappa shape index (κ3) is 3.84. The van der Waals surface area contributed by atoms with Crippen molar-refractivity contribution in [3.05, 3.63) is 65.7 Å². The minimum absolute atomic E-state index is 0.328. The van der Waals surface area contributed by atoms with Gasteiger partial charge in [-0.05, 0) is 29.0 Å². The van der Waals surface area contributed by atoms with Crippen LogP contribution >= 0.6 is 0 Å². The van der Waals surface area contributed by atoms with Gasteiger partial charge in [-0.15, -0.1) is 10.5 Å². The molecule has 0 aliphatic rings. The van der Waals surface area contributed by atoms with Gasteiger partial charge in [0.1, 0.15) is 0 Å². The van der Waals surface area contributed by atoms with E-state index >= 15 is 0 Å². The molecule has 2 N–H and O–H groups in total. The summed E-state index contributed by atoms with van der Waals surface area (Å²) < 4.78 is 15.8. The molecule has 3 rings (SSSR count). The average Bonchev–Trinajstić information content (AvgIpc) is 2.72. The Morgan fingerprint density at radius 3 is 2.26 bits per heavy atom. The lowest BCUT2D eigenvalue weighted by molar-refractivity contribution is -0.503. The number of fused-ring (bicyclic) bond motifs is 1. The van der Waals surface area contributed by atoms with Crippen LogP contribution in [0.5, 0.6) is 17.2 Å². The van der Waals surface area contributed by atoms with Crippen molar-refractivity contribution in [2.75, 3.05) is 21.3 Å². The van der Waals surface area contributed by atoms with Crippen molar-refractivity contribution in [3.63, 3.8) is 0 Å². The van der Waals surface area contributed by atoms with Crippen LogP contribution in [0.15, 0.2) is 54.6 Å². The summed E-state index contributed by atoms with van der Waals surface area (Å²) in [6, 6.07) is 17.2. The fraction of sp³-hybridized carbons (Fsp3) is 0.143. The predicted molar refractivity (Wildman–Crippen MR) is 104 cm³/mol. The zero-order valence-corrected chi connectivity index (χ0v) is 15.4. The smallest absolute Gasteiger partial charge is 0.305 e. The van der Waals surface area contributed by atoms with Gasteiger partial charge in [0.25, 0.3) is 0 Å². The molecule has 0 saturated carbocycles. The number of hydrogen-bond acceptors (Lipinski definition) is 4. The number of amides is 1. The second-order valence-corrected chi connectivity index (χ2v) is 5.73. The molecule has 6 nitrogen and oxygen atoms in total. The van der Waals surface area contributed by atoms with Crippen LogP contribution in [-0.4, -0.2) is 33.5 Å². The molecule has 1 amide bonds. The summed E-state index contributed by atoms with van der Waals surface area (Å²) in [7, 11) is 4.53. The monoisotopic (exact) mass is 365 g/mol. The highest BCUT2D eigenvalue weighted by Crippen LogP contribution is 2.38. The van der Waals surface area contributed by atoms with Crippen molar-refractivity contribution in [3.8, 4) is 17.2 Å². The quantitative estimate of drug-likeness (QED) is 0.515. The van der Waals surface area contributed by atoms with Gasteiger partial charge in [-0.25, -0.2) is 0 Å². The molecular formula is C21H21N2O4+. The summed E-state index contributed by atoms with van der Waals surface area (Å²) in [6.07, 6.45) is 1.75. The van der Waals surface area contributed by atoms with Gasteiger partial charge in [-0.2, -0.15) is 0 Å². The number of carbonyl (C=O) groups is 1. The number of hydrazine groups is 1. The number of hydrazone groups is 1. The molecule has 0 aromatic heterocycles. The molecule has 3 aromatic carbocycles. The summed E-state index contributed by atoms with van der Waals surface area (Å²) in [5.41, 5.74) is 4.00. The molecule has 0 spiro atoms. The number of hydrogen-bond donors (Lipinski definition) is 2. The zero-order valence-electron chi connectivity index (χ0n) is 15.4. The zero-order chi connectivity index (χ0) is 19.2. The second kappa shape index (κ2) is 8.23. The van der Waals surface area contributed by atoms with Crippen LogP contribution in [0, 0.1) is 0 Å². The Morgan fingerprint density at radius 1 is 0.926 bits per heavy atom. The van der Waals surface area contributed by atoms with Crippen LogP contribution in [0.2, 0.25) is 0 Å². The largest absolute Gasteiger partial charge is 0.493 e. The summed E-state index contributed by atoms with van der Waals surface area (Å²) in [5, 5.41) is 5.08. The predicted octanol–water partition coefficient (Wildman–Crippen LogP) is 1.71. The van der Waals surface area contributed by atoms with E-state index in [-0.39, 0.29) is 5.91 Å². The standard InChI is InChI=1S/C21H20N2O4/c1-25-18-11-16(12-19(26-2)20(18)27-3)21(24)23-22-13-15-9-6-8-14-7-4-5-10-17(14)15/h4-13H,1-3H3,(H,23,24)/p+1/b22-13+. The first-order valence-corrected chi connectivity index (χ1v) is 8.34. The van der Waals surface area contributed by atoms with E-state index in [0.717, 1.165) is 16.3 Å². The number of carbonyl (C=O) groups excluding carboxylic acids is 1. The lowest BCUT2D eigenvalue weighted by Gasteiger charge is -2.12. The van der Waals surface area contributed by atoms with Crippen LogP contribution in [0.1, 0.15) is 15.9 Å². The highest BCUT2D eigenvalue weighted by atomic mass is 16.5. The van der Waals surface area contributed by atoms with E-state index < -0.39 is 0 Å². The van der Waals surface area contributed by atoms with Gasteiger partial charge in [0.2, 0.25) is 5.75 Å². The number of nitrogens with one attached hydrogen (secondary N) is 2. The van der Waals surface area contributed by atoms with E-state index in [1.54, 1.807) is 18.3 Å². The number of methoxy groups -OCH3 is 3. The van der Waals surface area contributed by atoms with Gasteiger partial charge >= 0.3 is 5.91 Å². The fourth-order valence-corrected chi connectivity index (χ4v) is 2.84. The second-order valence-electron chi connectivity index (χ2n) is 5.73. The van der Waals surface area contributed by atoms with E-state index in [2.05, 4.69) is 10.5 Å². The normalized spacial score (nSPS) is 10.8. The lowest BCUT2D eigenvalue weighted by Crippen LogP contribution is -2.81. The maximum absolute atomic E-state index is 12.5. The molecule has 0 unspecified atom stereocenters. The van der Waals surface area contributed by atoms with Crippen LogP contribution in [0.3, 0.4) is 0 Å². The maximum atomic E-state index is 12.5.